The second-order valence-corrected chi connectivity index (χ2v) is 7.31. The Hall–Kier alpha value is -4.05. The number of benzene rings is 2. The molecule has 33 heavy (non-hydrogen) atoms. The SMILES string of the molecule is COC[C@H](C)Oc1cc(Oc2ccc3c(c2)OCN(C)C3=O)cc(C(=O)N=C(N)/C=C\N)c1. The number of ether oxygens (including phenoxy) is 4. The summed E-state index contributed by atoms with van der Waals surface area (Å²) in [5, 5.41) is 0. The average molecular weight is 454 g/mol. The zero-order valence-corrected chi connectivity index (χ0v) is 18.6. The minimum atomic E-state index is -0.595. The predicted molar refractivity (Wildman–Crippen MR) is 122 cm³/mol. The maximum absolute atomic E-state index is 12.6. The van der Waals surface area contributed by atoms with E-state index in [-0.39, 0.29) is 30.1 Å². The molecule has 10 nitrogen and oxygen atoms in total. The number of aliphatic imine (C=N–C) groups is 1. The van der Waals surface area contributed by atoms with Gasteiger partial charge in [-0.15, -0.1) is 0 Å². The number of carbonyl (C=O) groups is 2. The van der Waals surface area contributed by atoms with E-state index < -0.39 is 5.91 Å². The van der Waals surface area contributed by atoms with E-state index in [9.17, 15) is 9.59 Å². The molecule has 2 aromatic carbocycles. The Kier molecular flexibility index (Phi) is 7.52. The van der Waals surface area contributed by atoms with Gasteiger partial charge in [-0.05, 0) is 43.5 Å². The van der Waals surface area contributed by atoms with E-state index in [0.717, 1.165) is 0 Å². The van der Waals surface area contributed by atoms with E-state index in [1.165, 1.54) is 29.3 Å². The first-order valence-electron chi connectivity index (χ1n) is 10.1. The molecule has 174 valence electrons. The molecule has 1 heterocycles. The first-order chi connectivity index (χ1) is 15.8. The highest BCUT2D eigenvalue weighted by molar-refractivity contribution is 6.06. The Balaban J connectivity index is 1.92. The summed E-state index contributed by atoms with van der Waals surface area (Å²) < 4.78 is 22.5. The molecule has 4 N–H and O–H groups in total. The van der Waals surface area contributed by atoms with Gasteiger partial charge in [0.15, 0.2) is 6.73 Å². The van der Waals surface area contributed by atoms with Crippen LogP contribution in [0.25, 0.3) is 0 Å². The van der Waals surface area contributed by atoms with Gasteiger partial charge in [0.05, 0.1) is 12.2 Å². The van der Waals surface area contributed by atoms with Crippen LogP contribution in [0.3, 0.4) is 0 Å². The quantitative estimate of drug-likeness (QED) is 0.458. The van der Waals surface area contributed by atoms with E-state index in [1.807, 2.05) is 6.92 Å². The maximum Gasteiger partial charge on any atom is 0.279 e. The largest absolute Gasteiger partial charge is 0.488 e. The summed E-state index contributed by atoms with van der Waals surface area (Å²) in [6.07, 6.45) is 2.22. The van der Waals surface area contributed by atoms with Crippen LogP contribution >= 0.6 is 0 Å². The number of fused-ring (bicyclic) bond motifs is 1. The van der Waals surface area contributed by atoms with Gasteiger partial charge in [0.1, 0.15) is 34.9 Å². The van der Waals surface area contributed by atoms with E-state index in [0.29, 0.717) is 35.2 Å². The van der Waals surface area contributed by atoms with Crippen LogP contribution in [-0.4, -0.2) is 56.1 Å². The van der Waals surface area contributed by atoms with E-state index in [1.54, 1.807) is 38.4 Å². The van der Waals surface area contributed by atoms with Crippen molar-refractivity contribution >= 4 is 17.6 Å². The van der Waals surface area contributed by atoms with E-state index in [4.69, 9.17) is 30.4 Å². The zero-order chi connectivity index (χ0) is 24.0. The fraction of sp³-hybridized carbons (Fsp3) is 0.261. The number of nitrogens with zero attached hydrogens (tertiary/aromatic N) is 2. The smallest absolute Gasteiger partial charge is 0.279 e. The molecule has 0 fully saturated rings. The molecule has 0 unspecified atom stereocenters. The highest BCUT2D eigenvalue weighted by atomic mass is 16.5. The Morgan fingerprint density at radius 1 is 1.24 bits per heavy atom. The normalized spacial score (nSPS) is 14.6. The van der Waals surface area contributed by atoms with Crippen molar-refractivity contribution in [1.82, 2.24) is 4.90 Å². The van der Waals surface area contributed by atoms with Crippen LogP contribution in [0.15, 0.2) is 53.7 Å². The molecule has 0 aliphatic carbocycles. The first kappa shape index (κ1) is 23.6. The molecule has 0 bridgehead atoms. The van der Waals surface area contributed by atoms with Crippen LogP contribution in [0.5, 0.6) is 23.0 Å². The minimum Gasteiger partial charge on any atom is -0.488 e. The van der Waals surface area contributed by atoms with Crippen LogP contribution in [-0.2, 0) is 4.74 Å². The number of hydrogen-bond acceptors (Lipinski definition) is 7. The number of hydrogen-bond donors (Lipinski definition) is 2. The molecular weight excluding hydrogens is 428 g/mol. The summed E-state index contributed by atoms with van der Waals surface area (Å²) in [6.45, 7) is 2.33. The van der Waals surface area contributed by atoms with Crippen molar-refractivity contribution in [2.45, 2.75) is 13.0 Å². The minimum absolute atomic E-state index is 0.0366. The van der Waals surface area contributed by atoms with Gasteiger partial charge in [-0.1, -0.05) is 0 Å². The monoisotopic (exact) mass is 454 g/mol. The van der Waals surface area contributed by atoms with E-state index in [2.05, 4.69) is 4.99 Å². The van der Waals surface area contributed by atoms with E-state index >= 15 is 0 Å². The van der Waals surface area contributed by atoms with Crippen molar-refractivity contribution in [3.63, 3.8) is 0 Å². The average Bonchev–Trinajstić information content (AvgIpc) is 2.76. The molecule has 3 rings (SSSR count). The number of rotatable bonds is 8. The van der Waals surface area contributed by atoms with Crippen molar-refractivity contribution in [3.05, 3.63) is 59.8 Å². The number of nitrogens with two attached hydrogens (primary N) is 2. The van der Waals surface area contributed by atoms with Crippen molar-refractivity contribution < 1.29 is 28.5 Å². The fourth-order valence-electron chi connectivity index (χ4n) is 3.07. The van der Waals surface area contributed by atoms with Crippen molar-refractivity contribution in [2.75, 3.05) is 27.5 Å². The lowest BCUT2D eigenvalue weighted by molar-refractivity contribution is 0.0595. The van der Waals surface area contributed by atoms with Crippen LogP contribution in [0.1, 0.15) is 27.6 Å². The molecule has 0 spiro atoms. The van der Waals surface area contributed by atoms with Crippen LogP contribution in [0, 0.1) is 0 Å². The maximum atomic E-state index is 12.6. The number of methoxy groups -OCH3 is 1. The number of amidine groups is 1. The summed E-state index contributed by atoms with van der Waals surface area (Å²) in [4.78, 5) is 30.1. The Morgan fingerprint density at radius 3 is 2.73 bits per heavy atom. The standard InChI is InChI=1S/C23H26N4O6/c1-14(12-30-3)32-17-8-15(22(28)26-21(25)6-7-24)9-18(10-17)33-16-4-5-19-20(11-16)31-13-27(2)23(19)29/h4-11,14H,12-13,24H2,1-3H3,(H2,25,26,28)/b7-6-/t14-/m0/s1. The second-order valence-electron chi connectivity index (χ2n) is 7.31. The molecule has 10 heteroatoms. The topological polar surface area (TPSA) is 139 Å². The number of amides is 2. The lowest BCUT2D eigenvalue weighted by Gasteiger charge is -2.25. The lowest BCUT2D eigenvalue weighted by atomic mass is 10.1. The third-order valence-corrected chi connectivity index (χ3v) is 4.54. The fourth-order valence-corrected chi connectivity index (χ4v) is 3.07. The molecule has 0 saturated carbocycles. The van der Waals surface area contributed by atoms with Gasteiger partial charge in [-0.3, -0.25) is 9.59 Å². The van der Waals surface area contributed by atoms with Gasteiger partial charge in [0.25, 0.3) is 11.8 Å². The van der Waals surface area contributed by atoms with Crippen LogP contribution < -0.4 is 25.7 Å². The van der Waals surface area contributed by atoms with Crippen molar-refractivity contribution in [2.24, 2.45) is 16.5 Å². The van der Waals surface area contributed by atoms with Gasteiger partial charge < -0.3 is 35.3 Å². The summed E-state index contributed by atoms with van der Waals surface area (Å²) in [6, 6.07) is 9.57. The third kappa shape index (κ3) is 6.01. The summed E-state index contributed by atoms with van der Waals surface area (Å²) in [5.41, 5.74) is 11.6. The van der Waals surface area contributed by atoms with Crippen LogP contribution in [0.2, 0.25) is 0 Å². The highest BCUT2D eigenvalue weighted by Crippen LogP contribution is 2.33. The summed E-state index contributed by atoms with van der Waals surface area (Å²) >= 11 is 0. The molecule has 2 amide bonds. The Morgan fingerprint density at radius 2 is 2.00 bits per heavy atom. The first-order valence-corrected chi connectivity index (χ1v) is 10.1. The third-order valence-electron chi connectivity index (χ3n) is 4.54. The number of carbonyl (C=O) groups excluding carboxylic acids is 2. The van der Waals surface area contributed by atoms with Crippen LogP contribution in [0.4, 0.5) is 0 Å². The van der Waals surface area contributed by atoms with Gasteiger partial charge in [-0.25, -0.2) is 0 Å². The molecular formula is C23H26N4O6. The Labute approximate surface area is 191 Å². The van der Waals surface area contributed by atoms with Gasteiger partial charge >= 0.3 is 0 Å². The molecule has 0 saturated heterocycles. The molecule has 0 radical (unpaired) electrons. The van der Waals surface area contributed by atoms with Gasteiger partial charge in [0, 0.05) is 31.9 Å². The van der Waals surface area contributed by atoms with Gasteiger partial charge in [-0.2, -0.15) is 4.99 Å². The molecule has 2 aromatic rings. The molecule has 0 aromatic heterocycles. The van der Waals surface area contributed by atoms with Gasteiger partial charge in [0.2, 0.25) is 0 Å². The summed E-state index contributed by atoms with van der Waals surface area (Å²) in [5.74, 6) is 0.769. The zero-order valence-electron chi connectivity index (χ0n) is 18.6. The highest BCUT2D eigenvalue weighted by Gasteiger charge is 2.23. The summed E-state index contributed by atoms with van der Waals surface area (Å²) in [7, 11) is 3.22. The molecule has 1 atom stereocenters. The lowest BCUT2D eigenvalue weighted by Crippen LogP contribution is -2.35. The predicted octanol–water partition coefficient (Wildman–Crippen LogP) is 2.28. The molecule has 1 aliphatic rings. The second kappa shape index (κ2) is 10.5. The van der Waals surface area contributed by atoms with Crippen molar-refractivity contribution in [1.29, 1.82) is 0 Å². The van der Waals surface area contributed by atoms with Crippen molar-refractivity contribution in [3.8, 4) is 23.0 Å². The Bertz CT molecular complexity index is 1100. The molecule has 1 aliphatic heterocycles.